The predicted octanol–water partition coefficient (Wildman–Crippen LogP) is 3.40. The van der Waals surface area contributed by atoms with Crippen molar-refractivity contribution in [1.29, 1.82) is 0 Å². The first-order valence-corrected chi connectivity index (χ1v) is 8.03. The average Bonchev–Trinajstić information content (AvgIpc) is 3.23. The number of amides is 1. The van der Waals surface area contributed by atoms with Crippen LogP contribution in [0.2, 0.25) is 5.02 Å². The summed E-state index contributed by atoms with van der Waals surface area (Å²) in [4.78, 5) is 25.1. The maximum atomic E-state index is 12.6. The minimum absolute atomic E-state index is 0.0120. The summed E-state index contributed by atoms with van der Waals surface area (Å²) in [5.74, 6) is -0.400. The molecule has 4 nitrogen and oxygen atoms in total. The van der Waals surface area contributed by atoms with Gasteiger partial charge in [0.05, 0.1) is 6.42 Å². The number of nitrogens with zero attached hydrogens (tertiary/aromatic N) is 1. The van der Waals surface area contributed by atoms with Crippen molar-refractivity contribution >= 4 is 23.5 Å². The smallest absolute Gasteiger partial charge is 0.305 e. The monoisotopic (exact) mass is 323 g/mol. The molecule has 0 aromatic heterocycles. The average molecular weight is 324 g/mol. The Morgan fingerprint density at radius 1 is 1.36 bits per heavy atom. The van der Waals surface area contributed by atoms with E-state index in [1.165, 1.54) is 0 Å². The highest BCUT2D eigenvalue weighted by Gasteiger charge is 2.46. The first-order valence-electron chi connectivity index (χ1n) is 7.65. The summed E-state index contributed by atoms with van der Waals surface area (Å²) in [6.45, 7) is 4.93. The Kier molecular flexibility index (Phi) is 5.46. The van der Waals surface area contributed by atoms with Crippen molar-refractivity contribution in [3.63, 3.8) is 0 Å². The van der Waals surface area contributed by atoms with Crippen molar-refractivity contribution in [3.05, 3.63) is 34.9 Å². The molecule has 0 aliphatic heterocycles. The fourth-order valence-electron chi connectivity index (χ4n) is 2.78. The lowest BCUT2D eigenvalue weighted by Gasteiger charge is -2.24. The maximum Gasteiger partial charge on any atom is 0.305 e. The molecule has 1 N–H and O–H groups in total. The zero-order chi connectivity index (χ0) is 16.3. The lowest BCUT2D eigenvalue weighted by Crippen LogP contribution is -2.37. The van der Waals surface area contributed by atoms with Gasteiger partial charge in [-0.2, -0.15) is 0 Å². The zero-order valence-electron chi connectivity index (χ0n) is 13.0. The van der Waals surface area contributed by atoms with E-state index in [1.807, 2.05) is 38.1 Å². The number of carboxylic acids is 1. The number of halogens is 1. The van der Waals surface area contributed by atoms with Gasteiger partial charge in [-0.1, -0.05) is 43.6 Å². The minimum atomic E-state index is -0.875. The van der Waals surface area contributed by atoms with Crippen LogP contribution >= 0.6 is 11.6 Å². The SMILES string of the molecule is CC(C)CN(CCC(=O)O)C(=O)C1CC1c1ccccc1Cl. The molecule has 1 aromatic rings. The lowest BCUT2D eigenvalue weighted by atomic mass is 10.1. The molecule has 2 atom stereocenters. The van der Waals surface area contributed by atoms with Gasteiger partial charge in [0, 0.05) is 24.0 Å². The first kappa shape index (κ1) is 16.8. The molecule has 1 aromatic carbocycles. The summed E-state index contributed by atoms with van der Waals surface area (Å²) >= 11 is 6.19. The number of aliphatic carboxylic acids is 1. The van der Waals surface area contributed by atoms with Crippen LogP contribution in [-0.4, -0.2) is 35.0 Å². The van der Waals surface area contributed by atoms with E-state index in [-0.39, 0.29) is 30.7 Å². The Balaban J connectivity index is 2.02. The fraction of sp³-hybridized carbons (Fsp3) is 0.529. The molecule has 0 bridgehead atoms. The molecule has 2 unspecified atom stereocenters. The molecule has 1 aliphatic carbocycles. The first-order chi connectivity index (χ1) is 10.4. The topological polar surface area (TPSA) is 57.6 Å². The van der Waals surface area contributed by atoms with Crippen LogP contribution in [0.5, 0.6) is 0 Å². The molecule has 1 fully saturated rings. The Hall–Kier alpha value is -1.55. The van der Waals surface area contributed by atoms with Crippen LogP contribution in [0.15, 0.2) is 24.3 Å². The largest absolute Gasteiger partial charge is 0.481 e. The number of carbonyl (C=O) groups excluding carboxylic acids is 1. The van der Waals surface area contributed by atoms with Crippen LogP contribution in [0.1, 0.15) is 38.2 Å². The third-order valence-corrected chi connectivity index (χ3v) is 4.25. The molecule has 5 heteroatoms. The Bertz CT molecular complexity index is 559. The van der Waals surface area contributed by atoms with Crippen molar-refractivity contribution < 1.29 is 14.7 Å². The number of benzene rings is 1. The number of carbonyl (C=O) groups is 2. The number of carboxylic acid groups (broad SMARTS) is 1. The van der Waals surface area contributed by atoms with Crippen molar-refractivity contribution in [2.24, 2.45) is 11.8 Å². The summed E-state index contributed by atoms with van der Waals surface area (Å²) in [7, 11) is 0. The second kappa shape index (κ2) is 7.14. The van der Waals surface area contributed by atoms with E-state index in [0.717, 1.165) is 12.0 Å². The van der Waals surface area contributed by atoms with Crippen LogP contribution in [0.4, 0.5) is 0 Å². The van der Waals surface area contributed by atoms with Gasteiger partial charge in [-0.05, 0) is 29.9 Å². The Morgan fingerprint density at radius 3 is 2.64 bits per heavy atom. The number of hydrogen-bond acceptors (Lipinski definition) is 2. The summed E-state index contributed by atoms with van der Waals surface area (Å²) in [6, 6.07) is 7.61. The van der Waals surface area contributed by atoms with Crippen LogP contribution < -0.4 is 0 Å². The molecule has 0 radical (unpaired) electrons. The van der Waals surface area contributed by atoms with Gasteiger partial charge in [0.15, 0.2) is 0 Å². The highest BCUT2D eigenvalue weighted by atomic mass is 35.5. The molecule has 1 amide bonds. The molecule has 120 valence electrons. The van der Waals surface area contributed by atoms with Gasteiger partial charge in [-0.25, -0.2) is 0 Å². The van der Waals surface area contributed by atoms with E-state index in [1.54, 1.807) is 4.90 Å². The fourth-order valence-corrected chi connectivity index (χ4v) is 3.06. The molecular formula is C17H22ClNO3. The van der Waals surface area contributed by atoms with Crippen molar-refractivity contribution in [2.75, 3.05) is 13.1 Å². The van der Waals surface area contributed by atoms with Gasteiger partial charge in [-0.15, -0.1) is 0 Å². The zero-order valence-corrected chi connectivity index (χ0v) is 13.7. The van der Waals surface area contributed by atoms with Gasteiger partial charge in [0.2, 0.25) is 5.91 Å². The third kappa shape index (κ3) is 4.23. The van der Waals surface area contributed by atoms with E-state index in [0.29, 0.717) is 17.5 Å². The Labute approximate surface area is 136 Å². The third-order valence-electron chi connectivity index (χ3n) is 3.91. The molecule has 0 heterocycles. The standard InChI is InChI=1S/C17H22ClNO3/c1-11(2)10-19(8-7-16(20)21)17(22)14-9-13(14)12-5-3-4-6-15(12)18/h3-6,11,13-14H,7-10H2,1-2H3,(H,20,21). The van der Waals surface area contributed by atoms with E-state index in [2.05, 4.69) is 0 Å². The van der Waals surface area contributed by atoms with Crippen LogP contribution in [-0.2, 0) is 9.59 Å². The normalized spacial score (nSPS) is 20.0. The van der Waals surface area contributed by atoms with E-state index < -0.39 is 5.97 Å². The number of rotatable bonds is 7. The quantitative estimate of drug-likeness (QED) is 0.836. The summed E-state index contributed by atoms with van der Waals surface area (Å²) < 4.78 is 0. The minimum Gasteiger partial charge on any atom is -0.481 e. The second-order valence-corrected chi connectivity index (χ2v) is 6.70. The van der Waals surface area contributed by atoms with E-state index in [4.69, 9.17) is 16.7 Å². The van der Waals surface area contributed by atoms with E-state index >= 15 is 0 Å². The molecule has 0 saturated heterocycles. The van der Waals surface area contributed by atoms with Crippen molar-refractivity contribution in [2.45, 2.75) is 32.6 Å². The Morgan fingerprint density at radius 2 is 2.05 bits per heavy atom. The van der Waals surface area contributed by atoms with Gasteiger partial charge in [0.25, 0.3) is 0 Å². The lowest BCUT2D eigenvalue weighted by molar-refractivity contribution is -0.139. The van der Waals surface area contributed by atoms with Gasteiger partial charge >= 0.3 is 5.97 Å². The summed E-state index contributed by atoms with van der Waals surface area (Å²) in [6.07, 6.45) is 0.784. The van der Waals surface area contributed by atoms with E-state index in [9.17, 15) is 9.59 Å². The highest BCUT2D eigenvalue weighted by Crippen LogP contribution is 2.50. The van der Waals surface area contributed by atoms with Crippen LogP contribution in [0, 0.1) is 11.8 Å². The molecule has 0 spiro atoms. The molecule has 2 rings (SSSR count). The second-order valence-electron chi connectivity index (χ2n) is 6.29. The van der Waals surface area contributed by atoms with Gasteiger partial charge in [0.1, 0.15) is 0 Å². The molecule has 1 aliphatic rings. The number of hydrogen-bond donors (Lipinski definition) is 1. The summed E-state index contributed by atoms with van der Waals surface area (Å²) in [5.41, 5.74) is 1.02. The van der Waals surface area contributed by atoms with Crippen molar-refractivity contribution in [3.8, 4) is 0 Å². The molecule has 1 saturated carbocycles. The van der Waals surface area contributed by atoms with Crippen LogP contribution in [0.3, 0.4) is 0 Å². The van der Waals surface area contributed by atoms with Gasteiger partial charge < -0.3 is 10.0 Å². The summed E-state index contributed by atoms with van der Waals surface area (Å²) in [5, 5.41) is 9.54. The van der Waals surface area contributed by atoms with Crippen molar-refractivity contribution in [1.82, 2.24) is 4.90 Å². The molecular weight excluding hydrogens is 302 g/mol. The van der Waals surface area contributed by atoms with Gasteiger partial charge in [-0.3, -0.25) is 9.59 Å². The predicted molar refractivity (Wildman–Crippen MR) is 86.0 cm³/mol. The highest BCUT2D eigenvalue weighted by molar-refractivity contribution is 6.31. The molecule has 22 heavy (non-hydrogen) atoms. The van der Waals surface area contributed by atoms with Crippen LogP contribution in [0.25, 0.3) is 0 Å². The maximum absolute atomic E-state index is 12.6.